The van der Waals surface area contributed by atoms with E-state index in [4.69, 9.17) is 37.0 Å². The van der Waals surface area contributed by atoms with Crippen molar-refractivity contribution < 1.29 is 80.2 Å². The lowest BCUT2D eigenvalue weighted by atomic mass is 10.1. The van der Waals surface area contributed by atoms with E-state index in [-0.39, 0.29) is 25.7 Å². The summed E-state index contributed by atoms with van der Waals surface area (Å²) >= 11 is 0. The molecule has 102 heavy (non-hydrogen) atoms. The molecular weight excluding hydrogens is 1330 g/mol. The predicted octanol–water partition coefficient (Wildman–Crippen LogP) is 22.2. The van der Waals surface area contributed by atoms with Crippen molar-refractivity contribution in [3.8, 4) is 0 Å². The van der Waals surface area contributed by atoms with Crippen LogP contribution in [0.3, 0.4) is 0 Å². The van der Waals surface area contributed by atoms with Gasteiger partial charge in [-0.05, 0) is 148 Å². The van der Waals surface area contributed by atoms with Crippen LogP contribution in [0.4, 0.5) is 0 Å². The summed E-state index contributed by atoms with van der Waals surface area (Å²) in [6.45, 7) is 4.34. The predicted molar refractivity (Wildman–Crippen MR) is 417 cm³/mol. The highest BCUT2D eigenvalue weighted by Gasteiger charge is 2.30. The van der Waals surface area contributed by atoms with E-state index in [1.165, 1.54) is 32.1 Å². The number of hydrogen-bond donors (Lipinski definition) is 3. The van der Waals surface area contributed by atoms with Crippen molar-refractivity contribution in [2.45, 2.75) is 290 Å². The van der Waals surface area contributed by atoms with E-state index in [9.17, 15) is 43.2 Å². The van der Waals surface area contributed by atoms with Gasteiger partial charge in [-0.15, -0.1) is 0 Å². The van der Waals surface area contributed by atoms with E-state index in [2.05, 4.69) is 161 Å². The minimum atomic E-state index is -5.02. The Balaban J connectivity index is 5.46. The van der Waals surface area contributed by atoms with E-state index in [0.29, 0.717) is 32.1 Å². The number of phosphoric acid groups is 2. The number of carbonyl (C=O) groups is 4. The summed E-state index contributed by atoms with van der Waals surface area (Å²) in [5, 5.41) is 10.6. The first kappa shape index (κ1) is 96.4. The van der Waals surface area contributed by atoms with Crippen LogP contribution in [0, 0.1) is 0 Å². The SMILES string of the molecule is CC/C=C\C/C=C\C/C=C\C/C=C\C/C=C\CCCC(=O)OCC(COP(=O)(O)OCC(O)COP(=O)(O)OCC(COC(=O)CCCCCCCC/C=C\C/C=C\C/C=C\CCCCC)OC(=O)CCCCCCC/C=C\CCCC)OC(=O)C/C=C\C/C=C\C/C=C\C/C=C\C/C=C\CC. The number of allylic oxidation sites excluding steroid dienone is 27. The van der Waals surface area contributed by atoms with E-state index >= 15 is 0 Å². The highest BCUT2D eigenvalue weighted by Crippen LogP contribution is 2.45. The molecule has 0 aliphatic rings. The molecule has 5 unspecified atom stereocenters. The molecule has 0 aliphatic heterocycles. The number of carbonyl (C=O) groups excluding carboxylic acids is 4. The van der Waals surface area contributed by atoms with Crippen LogP contribution in [0.1, 0.15) is 272 Å². The van der Waals surface area contributed by atoms with Crippen molar-refractivity contribution >= 4 is 39.5 Å². The molecule has 0 aliphatic carbocycles. The number of ether oxygens (including phenoxy) is 4. The molecule has 17 nitrogen and oxygen atoms in total. The summed E-state index contributed by atoms with van der Waals surface area (Å²) in [5.41, 5.74) is 0. The Morgan fingerprint density at radius 2 is 0.569 bits per heavy atom. The van der Waals surface area contributed by atoms with E-state index in [1.807, 2.05) is 24.3 Å². The molecule has 0 saturated carbocycles. The molecule has 3 N–H and O–H groups in total. The number of rotatable bonds is 70. The smallest absolute Gasteiger partial charge is 0.462 e. The number of aliphatic hydroxyl groups excluding tert-OH is 1. The molecule has 0 fully saturated rings. The maximum absolute atomic E-state index is 13.1. The average molecular weight is 1470 g/mol. The fourth-order valence-electron chi connectivity index (χ4n) is 9.38. The molecular formula is C83H134O17P2. The lowest BCUT2D eigenvalue weighted by molar-refractivity contribution is -0.161. The van der Waals surface area contributed by atoms with Gasteiger partial charge in [-0.25, -0.2) is 9.13 Å². The highest BCUT2D eigenvalue weighted by molar-refractivity contribution is 7.47. The molecule has 0 bridgehead atoms. The van der Waals surface area contributed by atoms with Gasteiger partial charge in [0.15, 0.2) is 12.2 Å². The van der Waals surface area contributed by atoms with Crippen molar-refractivity contribution in [3.05, 3.63) is 170 Å². The van der Waals surface area contributed by atoms with Crippen LogP contribution in [0.15, 0.2) is 170 Å². The maximum atomic E-state index is 13.1. The summed E-state index contributed by atoms with van der Waals surface area (Å²) in [6.07, 6.45) is 86.8. The van der Waals surface area contributed by atoms with Crippen LogP contribution in [-0.2, 0) is 65.4 Å². The Bertz CT molecular complexity index is 2600. The van der Waals surface area contributed by atoms with Crippen LogP contribution >= 0.6 is 15.6 Å². The fourth-order valence-corrected chi connectivity index (χ4v) is 11.0. The van der Waals surface area contributed by atoms with E-state index < -0.39 is 97.5 Å². The first-order chi connectivity index (χ1) is 49.7. The lowest BCUT2D eigenvalue weighted by Gasteiger charge is -2.21. The second kappa shape index (κ2) is 73.7. The van der Waals surface area contributed by atoms with Gasteiger partial charge >= 0.3 is 39.5 Å². The monoisotopic (exact) mass is 1460 g/mol. The molecule has 5 atom stereocenters. The normalized spacial score (nSPS) is 14.9. The van der Waals surface area contributed by atoms with E-state index in [0.717, 1.165) is 154 Å². The topological polar surface area (TPSA) is 237 Å². The van der Waals surface area contributed by atoms with Gasteiger partial charge in [0.2, 0.25) is 0 Å². The maximum Gasteiger partial charge on any atom is 0.472 e. The Kier molecular flexibility index (Phi) is 69.7. The minimum absolute atomic E-state index is 0.0572. The Labute approximate surface area is 616 Å². The molecule has 0 aromatic carbocycles. The third-order valence-electron chi connectivity index (χ3n) is 15.2. The van der Waals surface area contributed by atoms with Gasteiger partial charge in [0.05, 0.1) is 32.8 Å². The standard InChI is InChI=1S/C83H134O17P2/c1-5-9-13-17-21-25-29-32-35-37-38-40-43-45-49-52-56-60-64-68-80(85)93-73-78(99-82(87)69-65-61-57-53-47-28-24-20-16-12-8-4)75-97-101(89,90)95-71-77(84)72-96-102(91,92)98-76-79(100-83(88)70-66-62-58-54-50-46-41-34-31-27-23-19-15-11-7-3)74-94-81(86)67-63-59-55-51-48-44-42-39-36-33-30-26-22-18-14-10-6-2/h10-11,14-15,20-27,32-36,38,40-42,44,50-51,54-55,62,66,77-79,84H,5-9,12-13,16-19,28-31,37,39,43,45-49,52-53,56-61,63-65,67-76H2,1-4H3,(H,89,90)(H,91,92)/b14-10-,15-11-,24-20-,25-21-,26-22-,27-23-,35-32-,36-33-,40-38-,41-34-,44-42-,54-50-,55-51-,66-62-. The van der Waals surface area contributed by atoms with Gasteiger partial charge < -0.3 is 33.8 Å². The third-order valence-corrected chi connectivity index (χ3v) is 17.1. The highest BCUT2D eigenvalue weighted by atomic mass is 31.2. The van der Waals surface area contributed by atoms with Crippen molar-refractivity contribution in [2.24, 2.45) is 0 Å². The van der Waals surface area contributed by atoms with Crippen LogP contribution in [0.2, 0.25) is 0 Å². The van der Waals surface area contributed by atoms with Crippen LogP contribution < -0.4 is 0 Å². The summed E-state index contributed by atoms with van der Waals surface area (Å²) in [5.74, 6) is -2.43. The Morgan fingerprint density at radius 1 is 0.294 bits per heavy atom. The summed E-state index contributed by atoms with van der Waals surface area (Å²) < 4.78 is 68.2. The fraction of sp³-hybridized carbons (Fsp3) is 0.614. The molecule has 0 aromatic heterocycles. The Hall–Kier alpha value is -5.58. The minimum Gasteiger partial charge on any atom is -0.462 e. The van der Waals surface area contributed by atoms with Gasteiger partial charge in [-0.3, -0.25) is 37.3 Å². The largest absolute Gasteiger partial charge is 0.472 e. The van der Waals surface area contributed by atoms with Crippen LogP contribution in [0.25, 0.3) is 0 Å². The molecule has 0 spiro atoms. The van der Waals surface area contributed by atoms with Gasteiger partial charge in [0, 0.05) is 19.3 Å². The van der Waals surface area contributed by atoms with Gasteiger partial charge in [0.25, 0.3) is 0 Å². The molecule has 0 rings (SSSR count). The zero-order valence-electron chi connectivity index (χ0n) is 63.0. The number of phosphoric ester groups is 2. The van der Waals surface area contributed by atoms with Crippen LogP contribution in [-0.4, -0.2) is 96.7 Å². The summed E-state index contributed by atoms with van der Waals surface area (Å²) in [6, 6.07) is 0. The number of unbranched alkanes of at least 4 members (excludes halogenated alkanes) is 17. The van der Waals surface area contributed by atoms with Gasteiger partial charge in [-0.2, -0.15) is 0 Å². The van der Waals surface area contributed by atoms with Crippen molar-refractivity contribution in [3.63, 3.8) is 0 Å². The summed E-state index contributed by atoms with van der Waals surface area (Å²) in [7, 11) is -10.0. The van der Waals surface area contributed by atoms with E-state index in [1.54, 1.807) is 12.2 Å². The number of esters is 4. The first-order valence-electron chi connectivity index (χ1n) is 38.4. The second-order valence-corrected chi connectivity index (χ2v) is 27.7. The summed E-state index contributed by atoms with van der Waals surface area (Å²) in [4.78, 5) is 72.8. The molecule has 0 radical (unpaired) electrons. The quantitative estimate of drug-likeness (QED) is 0.0169. The van der Waals surface area contributed by atoms with Gasteiger partial charge in [0.1, 0.15) is 19.3 Å². The second-order valence-electron chi connectivity index (χ2n) is 24.8. The van der Waals surface area contributed by atoms with Gasteiger partial charge in [-0.1, -0.05) is 268 Å². The van der Waals surface area contributed by atoms with Crippen molar-refractivity contribution in [1.82, 2.24) is 0 Å². The third kappa shape index (κ3) is 72.8. The Morgan fingerprint density at radius 3 is 0.951 bits per heavy atom. The lowest BCUT2D eigenvalue weighted by Crippen LogP contribution is -2.30. The van der Waals surface area contributed by atoms with Crippen LogP contribution in [0.5, 0.6) is 0 Å². The first-order valence-corrected chi connectivity index (χ1v) is 41.4. The molecule has 19 heteroatoms. The zero-order valence-corrected chi connectivity index (χ0v) is 64.8. The molecule has 0 amide bonds. The molecule has 0 aromatic rings. The van der Waals surface area contributed by atoms with Crippen molar-refractivity contribution in [2.75, 3.05) is 39.6 Å². The number of aliphatic hydroxyl groups is 1. The molecule has 0 saturated heterocycles. The molecule has 0 heterocycles. The zero-order chi connectivity index (χ0) is 74.6. The van der Waals surface area contributed by atoms with Crippen molar-refractivity contribution in [1.29, 1.82) is 0 Å². The average Bonchev–Trinajstić information content (AvgIpc) is 0.944. The number of hydrogen-bond acceptors (Lipinski definition) is 15. The molecule has 578 valence electrons.